The Labute approximate surface area is 221 Å². The number of hydrogen-bond acceptors (Lipinski definition) is 8. The van der Waals surface area contributed by atoms with Gasteiger partial charge in [0.05, 0.1) is 34.8 Å². The normalized spacial score (nSPS) is 16.7. The van der Waals surface area contributed by atoms with Crippen molar-refractivity contribution in [2.75, 3.05) is 29.9 Å². The van der Waals surface area contributed by atoms with E-state index >= 15 is 0 Å². The van der Waals surface area contributed by atoms with Crippen molar-refractivity contribution in [2.24, 2.45) is 0 Å². The van der Waals surface area contributed by atoms with Gasteiger partial charge in [0, 0.05) is 17.8 Å². The second-order valence-corrected chi connectivity index (χ2v) is 9.57. The SMILES string of the molecule is CCOC(=O)c1ccc(NC(=O)CN2C(=O)C(=C3SC(=S)N(CCC(=O)O)C3=O)c3ccccc32)cc1. The molecule has 2 heterocycles. The van der Waals surface area contributed by atoms with Crippen LogP contribution in [0.5, 0.6) is 0 Å². The molecule has 0 spiro atoms. The first-order chi connectivity index (χ1) is 17.7. The Kier molecular flexibility index (Phi) is 7.69. The molecule has 12 heteroatoms. The molecule has 2 aromatic carbocycles. The number of benzene rings is 2. The summed E-state index contributed by atoms with van der Waals surface area (Å²) in [6, 6.07) is 12.9. The van der Waals surface area contributed by atoms with Gasteiger partial charge in [0.2, 0.25) is 5.91 Å². The number of carbonyl (C=O) groups is 5. The quantitative estimate of drug-likeness (QED) is 0.295. The Morgan fingerprint density at radius 1 is 1.03 bits per heavy atom. The summed E-state index contributed by atoms with van der Waals surface area (Å²) in [5.41, 5.74) is 1.84. The summed E-state index contributed by atoms with van der Waals surface area (Å²) in [5, 5.41) is 11.7. The van der Waals surface area contributed by atoms with E-state index in [1.54, 1.807) is 43.3 Å². The third kappa shape index (κ3) is 5.39. The Hall–Kier alpha value is -4.03. The average molecular weight is 540 g/mol. The van der Waals surface area contributed by atoms with Crippen LogP contribution in [0.3, 0.4) is 0 Å². The standard InChI is InChI=1S/C25H21N3O7S2/c1-2-35-24(34)14-7-9-15(10-8-14)26-18(29)13-28-17-6-4-3-5-16(17)20(22(28)32)21-23(33)27(25(36)37-21)12-11-19(30)31/h3-10H,2,11-13H2,1H3,(H,26,29)(H,30,31). The topological polar surface area (TPSA) is 133 Å². The average Bonchev–Trinajstić information content (AvgIpc) is 3.29. The molecule has 2 aliphatic rings. The highest BCUT2D eigenvalue weighted by Gasteiger charge is 2.42. The summed E-state index contributed by atoms with van der Waals surface area (Å²) in [5.74, 6) is -3.10. The lowest BCUT2D eigenvalue weighted by atomic mass is 10.1. The van der Waals surface area contributed by atoms with Crippen molar-refractivity contribution >= 4 is 74.9 Å². The summed E-state index contributed by atoms with van der Waals surface area (Å²) >= 11 is 6.19. The third-order valence-electron chi connectivity index (χ3n) is 5.53. The number of fused-ring (bicyclic) bond motifs is 1. The van der Waals surface area contributed by atoms with Crippen molar-refractivity contribution < 1.29 is 33.8 Å². The number of nitrogens with one attached hydrogen (secondary N) is 1. The number of carboxylic acid groups (broad SMARTS) is 1. The molecule has 0 unspecified atom stereocenters. The Bertz CT molecular complexity index is 1350. The number of carbonyl (C=O) groups excluding carboxylic acids is 4. The number of anilines is 2. The largest absolute Gasteiger partial charge is 0.481 e. The Balaban J connectivity index is 1.54. The fraction of sp³-hybridized carbons (Fsp3) is 0.200. The Morgan fingerprint density at radius 2 is 1.73 bits per heavy atom. The van der Waals surface area contributed by atoms with E-state index in [2.05, 4.69) is 5.32 Å². The lowest BCUT2D eigenvalue weighted by Gasteiger charge is -2.17. The van der Waals surface area contributed by atoms with E-state index in [0.29, 0.717) is 22.5 Å². The van der Waals surface area contributed by atoms with Crippen molar-refractivity contribution in [3.8, 4) is 0 Å². The zero-order chi connectivity index (χ0) is 26.7. The number of aliphatic carboxylic acids is 1. The van der Waals surface area contributed by atoms with Crippen LogP contribution in [0.15, 0.2) is 53.4 Å². The van der Waals surface area contributed by atoms with Gasteiger partial charge in [0.25, 0.3) is 11.8 Å². The number of hydrogen-bond donors (Lipinski definition) is 2. The van der Waals surface area contributed by atoms with E-state index in [1.807, 2.05) is 0 Å². The predicted molar refractivity (Wildman–Crippen MR) is 141 cm³/mol. The number of amides is 3. The molecule has 10 nitrogen and oxygen atoms in total. The van der Waals surface area contributed by atoms with Crippen molar-refractivity contribution in [2.45, 2.75) is 13.3 Å². The van der Waals surface area contributed by atoms with Crippen LogP contribution in [-0.4, -0.2) is 63.7 Å². The number of rotatable bonds is 8. The maximum Gasteiger partial charge on any atom is 0.338 e. The molecule has 0 atom stereocenters. The molecule has 1 saturated heterocycles. The fourth-order valence-electron chi connectivity index (χ4n) is 3.85. The van der Waals surface area contributed by atoms with Gasteiger partial charge in [-0.2, -0.15) is 0 Å². The number of thiocarbonyl (C=S) groups is 1. The zero-order valence-electron chi connectivity index (χ0n) is 19.6. The third-order valence-corrected chi connectivity index (χ3v) is 6.98. The minimum atomic E-state index is -1.07. The van der Waals surface area contributed by atoms with Gasteiger partial charge < -0.3 is 15.2 Å². The lowest BCUT2D eigenvalue weighted by molar-refractivity contribution is -0.137. The van der Waals surface area contributed by atoms with Gasteiger partial charge in [-0.05, 0) is 37.3 Å². The summed E-state index contributed by atoms with van der Waals surface area (Å²) in [7, 11) is 0. The summed E-state index contributed by atoms with van der Waals surface area (Å²) in [4.78, 5) is 64.6. The van der Waals surface area contributed by atoms with Gasteiger partial charge in [0.15, 0.2) is 0 Å². The van der Waals surface area contributed by atoms with Gasteiger partial charge in [-0.25, -0.2) is 4.79 Å². The molecule has 0 bridgehead atoms. The lowest BCUT2D eigenvalue weighted by Crippen LogP contribution is -2.35. The van der Waals surface area contributed by atoms with Crippen molar-refractivity contribution in [3.05, 3.63) is 64.6 Å². The second-order valence-electron chi connectivity index (χ2n) is 7.93. The summed E-state index contributed by atoms with van der Waals surface area (Å²) in [6.07, 6.45) is -0.285. The number of thioether (sulfide) groups is 1. The first kappa shape index (κ1) is 26.0. The molecule has 0 saturated carbocycles. The number of nitrogens with zero attached hydrogens (tertiary/aromatic N) is 2. The number of esters is 1. The molecule has 2 N–H and O–H groups in total. The smallest absolute Gasteiger partial charge is 0.338 e. The maximum absolute atomic E-state index is 13.5. The van der Waals surface area contributed by atoms with Crippen LogP contribution in [-0.2, 0) is 23.9 Å². The van der Waals surface area contributed by atoms with Crippen molar-refractivity contribution in [1.82, 2.24) is 4.90 Å². The summed E-state index contributed by atoms with van der Waals surface area (Å²) in [6.45, 7) is 1.53. The van der Waals surface area contributed by atoms with E-state index in [9.17, 15) is 24.0 Å². The van der Waals surface area contributed by atoms with Gasteiger partial charge in [-0.1, -0.05) is 42.2 Å². The monoisotopic (exact) mass is 539 g/mol. The molecule has 3 amide bonds. The molecule has 0 radical (unpaired) electrons. The molecule has 0 aliphatic carbocycles. The molecule has 2 aromatic rings. The van der Waals surface area contributed by atoms with Crippen LogP contribution in [0.1, 0.15) is 29.3 Å². The number of para-hydroxylation sites is 1. The zero-order valence-corrected chi connectivity index (χ0v) is 21.2. The molecular formula is C25H21N3O7S2. The van der Waals surface area contributed by atoms with Crippen LogP contribution < -0.4 is 10.2 Å². The minimum Gasteiger partial charge on any atom is -0.481 e. The van der Waals surface area contributed by atoms with Crippen molar-refractivity contribution in [3.63, 3.8) is 0 Å². The molecule has 2 aliphatic heterocycles. The predicted octanol–water partition coefficient (Wildman–Crippen LogP) is 2.89. The van der Waals surface area contributed by atoms with E-state index in [0.717, 1.165) is 11.8 Å². The van der Waals surface area contributed by atoms with Gasteiger partial charge >= 0.3 is 11.9 Å². The molecule has 37 heavy (non-hydrogen) atoms. The molecular weight excluding hydrogens is 518 g/mol. The first-order valence-electron chi connectivity index (χ1n) is 11.2. The van der Waals surface area contributed by atoms with Crippen LogP contribution >= 0.6 is 24.0 Å². The van der Waals surface area contributed by atoms with Gasteiger partial charge in [-0.3, -0.25) is 29.0 Å². The molecule has 0 aromatic heterocycles. The maximum atomic E-state index is 13.5. The van der Waals surface area contributed by atoms with Gasteiger partial charge in [0.1, 0.15) is 10.9 Å². The van der Waals surface area contributed by atoms with E-state index < -0.39 is 29.7 Å². The fourth-order valence-corrected chi connectivity index (χ4v) is 5.23. The van der Waals surface area contributed by atoms with E-state index in [4.69, 9.17) is 22.1 Å². The molecule has 1 fully saturated rings. The first-order valence-corrected chi connectivity index (χ1v) is 12.4. The second kappa shape index (κ2) is 10.9. The highest BCUT2D eigenvalue weighted by atomic mass is 32.2. The number of ether oxygens (including phenoxy) is 1. The van der Waals surface area contributed by atoms with Gasteiger partial charge in [-0.15, -0.1) is 0 Å². The minimum absolute atomic E-state index is 0.102. The number of carboxylic acids is 1. The van der Waals surface area contributed by atoms with E-state index in [-0.39, 0.29) is 40.9 Å². The highest BCUT2D eigenvalue weighted by Crippen LogP contribution is 2.44. The Morgan fingerprint density at radius 3 is 2.41 bits per heavy atom. The molecule has 190 valence electrons. The van der Waals surface area contributed by atoms with Crippen molar-refractivity contribution in [1.29, 1.82) is 0 Å². The van der Waals surface area contributed by atoms with Crippen LogP contribution in [0.2, 0.25) is 0 Å². The van der Waals surface area contributed by atoms with Crippen LogP contribution in [0, 0.1) is 0 Å². The highest BCUT2D eigenvalue weighted by molar-refractivity contribution is 8.26. The van der Waals surface area contributed by atoms with Crippen LogP contribution in [0.25, 0.3) is 5.57 Å². The van der Waals surface area contributed by atoms with E-state index in [1.165, 1.54) is 21.9 Å². The molecule has 4 rings (SSSR count). The summed E-state index contributed by atoms with van der Waals surface area (Å²) < 4.78 is 5.11. The van der Waals surface area contributed by atoms with Crippen LogP contribution in [0.4, 0.5) is 11.4 Å².